The number of aromatic nitrogens is 2. The van der Waals surface area contributed by atoms with Crippen molar-refractivity contribution in [3.05, 3.63) is 48.0 Å². The van der Waals surface area contributed by atoms with Crippen molar-refractivity contribution in [1.29, 1.82) is 5.26 Å². The number of hydrogen-bond donors (Lipinski definition) is 0. The molecule has 2 rings (SSSR count). The first kappa shape index (κ1) is 12.2. The lowest BCUT2D eigenvalue weighted by Gasteiger charge is -2.26. The van der Waals surface area contributed by atoms with Crippen molar-refractivity contribution in [2.24, 2.45) is 7.05 Å². The molecule has 0 aliphatic carbocycles. The van der Waals surface area contributed by atoms with Crippen LogP contribution in [0.25, 0.3) is 0 Å². The first-order chi connectivity index (χ1) is 8.53. The molecule has 0 saturated carbocycles. The normalized spacial score (nSPS) is 11.0. The molecule has 0 radical (unpaired) electrons. The molecule has 0 spiro atoms. The highest BCUT2D eigenvalue weighted by molar-refractivity contribution is 5.36. The zero-order valence-electron chi connectivity index (χ0n) is 10.7. The largest absolute Gasteiger partial charge is 0.480 e. The minimum atomic E-state index is -0.549. The molecule has 92 valence electrons. The maximum Gasteiger partial charge on any atom is 0.161 e. The summed E-state index contributed by atoms with van der Waals surface area (Å²) in [5.41, 5.74) is 0.0370. The third-order valence-corrected chi connectivity index (χ3v) is 2.70. The number of rotatable bonds is 3. The number of nitrogens with zero attached hydrogens (tertiary/aromatic N) is 3. The van der Waals surface area contributed by atoms with Gasteiger partial charge in [-0.2, -0.15) is 5.26 Å². The number of nitriles is 1. The van der Waals surface area contributed by atoms with Gasteiger partial charge in [0.1, 0.15) is 5.75 Å². The summed E-state index contributed by atoms with van der Waals surface area (Å²) in [6.07, 6.45) is 3.62. The van der Waals surface area contributed by atoms with Crippen LogP contribution in [0.3, 0.4) is 0 Å². The van der Waals surface area contributed by atoms with Crippen LogP contribution in [0.2, 0.25) is 0 Å². The Bertz CT molecular complexity index is 593. The fraction of sp³-hybridized carbons (Fsp3) is 0.286. The van der Waals surface area contributed by atoms with Gasteiger partial charge in [0.05, 0.1) is 11.6 Å². The second-order valence-corrected chi connectivity index (χ2v) is 4.61. The molecule has 0 unspecified atom stereocenters. The minimum Gasteiger partial charge on any atom is -0.480 e. The Kier molecular flexibility index (Phi) is 3.07. The fourth-order valence-electron chi connectivity index (χ4n) is 1.92. The molecule has 0 atom stereocenters. The molecule has 4 heteroatoms. The lowest BCUT2D eigenvalue weighted by atomic mass is 10.1. The van der Waals surface area contributed by atoms with Gasteiger partial charge >= 0.3 is 0 Å². The molecule has 1 aromatic heterocycles. The Hall–Kier alpha value is -2.28. The van der Waals surface area contributed by atoms with E-state index < -0.39 is 5.60 Å². The van der Waals surface area contributed by atoms with Crippen LogP contribution >= 0.6 is 0 Å². The fourth-order valence-corrected chi connectivity index (χ4v) is 1.92. The number of ether oxygens (including phenoxy) is 1. The van der Waals surface area contributed by atoms with Crippen molar-refractivity contribution in [3.63, 3.8) is 0 Å². The zero-order chi connectivity index (χ0) is 13.2. The predicted octanol–water partition coefficient (Wildman–Crippen LogP) is 2.61. The molecular formula is C14H15N3O. The van der Waals surface area contributed by atoms with Crippen LogP contribution in [-0.4, -0.2) is 9.55 Å². The summed E-state index contributed by atoms with van der Waals surface area (Å²) in [6.45, 7) is 3.91. The number of benzene rings is 1. The molecule has 1 heterocycles. The summed E-state index contributed by atoms with van der Waals surface area (Å²) in [4.78, 5) is 4.30. The molecule has 18 heavy (non-hydrogen) atoms. The van der Waals surface area contributed by atoms with Gasteiger partial charge in [-0.15, -0.1) is 0 Å². The van der Waals surface area contributed by atoms with Gasteiger partial charge in [-0.25, -0.2) is 4.98 Å². The van der Waals surface area contributed by atoms with Crippen molar-refractivity contribution < 1.29 is 4.74 Å². The highest BCUT2D eigenvalue weighted by Gasteiger charge is 2.27. The number of aryl methyl sites for hydroxylation is 1. The molecule has 1 aromatic carbocycles. The van der Waals surface area contributed by atoms with Crippen LogP contribution in [-0.2, 0) is 12.6 Å². The first-order valence-corrected chi connectivity index (χ1v) is 5.70. The molecule has 4 nitrogen and oxygen atoms in total. The van der Waals surface area contributed by atoms with Gasteiger partial charge in [0.25, 0.3) is 0 Å². The van der Waals surface area contributed by atoms with Crippen molar-refractivity contribution in [1.82, 2.24) is 9.55 Å². The topological polar surface area (TPSA) is 50.8 Å². The zero-order valence-corrected chi connectivity index (χ0v) is 10.7. The van der Waals surface area contributed by atoms with Crippen LogP contribution in [0, 0.1) is 11.3 Å². The van der Waals surface area contributed by atoms with Crippen LogP contribution in [0.4, 0.5) is 0 Å². The third-order valence-electron chi connectivity index (χ3n) is 2.70. The van der Waals surface area contributed by atoms with Gasteiger partial charge in [0, 0.05) is 19.4 Å². The highest BCUT2D eigenvalue weighted by atomic mass is 16.5. The second-order valence-electron chi connectivity index (χ2n) is 4.61. The van der Waals surface area contributed by atoms with Crippen LogP contribution in [0.1, 0.15) is 25.2 Å². The van der Waals surface area contributed by atoms with E-state index in [1.807, 2.05) is 43.8 Å². The van der Waals surface area contributed by atoms with Gasteiger partial charge in [-0.05, 0) is 32.0 Å². The van der Waals surface area contributed by atoms with E-state index in [0.29, 0.717) is 11.3 Å². The summed E-state index contributed by atoms with van der Waals surface area (Å²) < 4.78 is 7.86. The Labute approximate surface area is 106 Å². The maximum absolute atomic E-state index is 8.87. The second kappa shape index (κ2) is 4.53. The van der Waals surface area contributed by atoms with E-state index in [9.17, 15) is 0 Å². The molecule has 0 bridgehead atoms. The van der Waals surface area contributed by atoms with Crippen LogP contribution in [0.15, 0.2) is 36.7 Å². The monoisotopic (exact) mass is 241 g/mol. The van der Waals surface area contributed by atoms with Crippen molar-refractivity contribution in [2.45, 2.75) is 19.4 Å². The maximum atomic E-state index is 8.87. The quantitative estimate of drug-likeness (QED) is 0.830. The molecule has 0 aliphatic heterocycles. The van der Waals surface area contributed by atoms with Gasteiger partial charge in [-0.1, -0.05) is 6.07 Å². The minimum absolute atomic E-state index is 0.549. The smallest absolute Gasteiger partial charge is 0.161 e. The molecule has 0 amide bonds. The SMILES string of the molecule is Cn1ccnc1C(C)(C)Oc1cccc(C#N)c1. The van der Waals surface area contributed by atoms with E-state index in [1.54, 1.807) is 18.3 Å². The standard InChI is InChI=1S/C14H15N3O/c1-14(2,13-16-7-8-17(13)3)18-12-6-4-5-11(9-12)10-15/h4-9H,1-3H3. The summed E-state index contributed by atoms with van der Waals surface area (Å²) in [6, 6.07) is 9.22. The Morgan fingerprint density at radius 1 is 1.39 bits per heavy atom. The summed E-state index contributed by atoms with van der Waals surface area (Å²) in [5, 5.41) is 8.87. The Balaban J connectivity index is 2.28. The van der Waals surface area contributed by atoms with E-state index in [2.05, 4.69) is 11.1 Å². The summed E-state index contributed by atoms with van der Waals surface area (Å²) in [7, 11) is 1.93. The molecule has 0 N–H and O–H groups in total. The Morgan fingerprint density at radius 3 is 2.78 bits per heavy atom. The molecular weight excluding hydrogens is 226 g/mol. The van der Waals surface area contributed by atoms with Gasteiger partial charge < -0.3 is 9.30 Å². The van der Waals surface area contributed by atoms with E-state index in [0.717, 1.165) is 5.82 Å². The Morgan fingerprint density at radius 2 is 2.17 bits per heavy atom. The van der Waals surface area contributed by atoms with E-state index in [-0.39, 0.29) is 0 Å². The molecule has 0 fully saturated rings. The molecule has 2 aromatic rings. The molecule has 0 aliphatic rings. The summed E-state index contributed by atoms with van der Waals surface area (Å²) in [5.74, 6) is 1.51. The average Bonchev–Trinajstić information content (AvgIpc) is 2.76. The van der Waals surface area contributed by atoms with Crippen molar-refractivity contribution in [3.8, 4) is 11.8 Å². The predicted molar refractivity (Wildman–Crippen MR) is 68.0 cm³/mol. The van der Waals surface area contributed by atoms with Crippen LogP contribution < -0.4 is 4.74 Å². The van der Waals surface area contributed by atoms with Crippen LogP contribution in [0.5, 0.6) is 5.75 Å². The molecule has 0 saturated heterocycles. The van der Waals surface area contributed by atoms with E-state index in [4.69, 9.17) is 10.00 Å². The first-order valence-electron chi connectivity index (χ1n) is 5.70. The number of imidazole rings is 1. The lowest BCUT2D eigenvalue weighted by molar-refractivity contribution is 0.0953. The van der Waals surface area contributed by atoms with Crippen molar-refractivity contribution >= 4 is 0 Å². The van der Waals surface area contributed by atoms with Gasteiger partial charge in [0.15, 0.2) is 11.4 Å². The van der Waals surface area contributed by atoms with Gasteiger partial charge in [0.2, 0.25) is 0 Å². The lowest BCUT2D eigenvalue weighted by Crippen LogP contribution is -2.29. The van der Waals surface area contributed by atoms with Crippen molar-refractivity contribution in [2.75, 3.05) is 0 Å². The van der Waals surface area contributed by atoms with Gasteiger partial charge in [-0.3, -0.25) is 0 Å². The van der Waals surface area contributed by atoms with E-state index >= 15 is 0 Å². The third kappa shape index (κ3) is 2.35. The summed E-state index contributed by atoms with van der Waals surface area (Å²) >= 11 is 0. The average molecular weight is 241 g/mol. The highest BCUT2D eigenvalue weighted by Crippen LogP contribution is 2.26. The van der Waals surface area contributed by atoms with E-state index in [1.165, 1.54) is 0 Å². The number of hydrogen-bond acceptors (Lipinski definition) is 3.